The molecule has 1 N–H and O–H groups in total. The van der Waals surface area contributed by atoms with Crippen LogP contribution in [0.3, 0.4) is 0 Å². The van der Waals surface area contributed by atoms with Gasteiger partial charge in [0.25, 0.3) is 6.29 Å². The molecule has 0 aromatic rings. The van der Waals surface area contributed by atoms with Gasteiger partial charge >= 0.3 is 0 Å². The van der Waals surface area contributed by atoms with E-state index in [0.717, 1.165) is 28.7 Å². The Bertz CT molecular complexity index is 460. The molecule has 1 aliphatic heterocycles. The van der Waals surface area contributed by atoms with E-state index in [2.05, 4.69) is 5.16 Å². The van der Waals surface area contributed by atoms with Gasteiger partial charge in [-0.2, -0.15) is 0 Å². The van der Waals surface area contributed by atoms with Crippen molar-refractivity contribution in [2.45, 2.75) is 19.4 Å². The minimum atomic E-state index is -3.61. The van der Waals surface area contributed by atoms with Crippen molar-refractivity contribution in [2.24, 2.45) is 5.16 Å². The molecule has 0 bridgehead atoms. The summed E-state index contributed by atoms with van der Waals surface area (Å²) < 4.78 is 24.0. The molecule has 0 spiro atoms. The molecule has 1 saturated heterocycles. The average molecular weight is 292 g/mol. The third-order valence-electron chi connectivity index (χ3n) is 2.10. The molecule has 1 aliphatic rings. The number of hydrogen-bond donors (Lipinski definition) is 1. The van der Waals surface area contributed by atoms with Gasteiger partial charge in [-0.1, -0.05) is 23.8 Å². The summed E-state index contributed by atoms with van der Waals surface area (Å²) >= 11 is 1.04. The molecular formula is C9H14N3O4S2. The van der Waals surface area contributed by atoms with Crippen LogP contribution in [0, 0.1) is 5.41 Å². The average Bonchev–Trinajstić information content (AvgIpc) is 2.66. The number of hydrogen-bond acceptors (Lipinski definition) is 7. The van der Waals surface area contributed by atoms with Gasteiger partial charge in [0, 0.05) is 5.75 Å². The lowest BCUT2D eigenvalue weighted by atomic mass is 10.2. The highest BCUT2D eigenvalue weighted by Gasteiger charge is 2.39. The zero-order chi connectivity index (χ0) is 13.8. The number of carbonyl (C=O) groups excluding carboxylic acids is 1. The zero-order valence-corrected chi connectivity index (χ0v) is 11.7. The third-order valence-corrected chi connectivity index (χ3v) is 4.32. The van der Waals surface area contributed by atoms with Gasteiger partial charge in [-0.3, -0.25) is 10.2 Å². The first-order valence-electron chi connectivity index (χ1n) is 5.20. The van der Waals surface area contributed by atoms with Crippen molar-refractivity contribution in [1.29, 1.82) is 5.41 Å². The summed E-state index contributed by atoms with van der Waals surface area (Å²) in [6.07, 6.45) is 3.29. The lowest BCUT2D eigenvalue weighted by molar-refractivity contribution is 0.144. The number of nitrogens with zero attached hydrogens (tertiary/aromatic N) is 2. The Balaban J connectivity index is 2.95. The lowest BCUT2D eigenvalue weighted by Gasteiger charge is -2.21. The van der Waals surface area contributed by atoms with Crippen LogP contribution in [0.2, 0.25) is 0 Å². The van der Waals surface area contributed by atoms with E-state index < -0.39 is 16.1 Å². The predicted molar refractivity (Wildman–Crippen MR) is 70.0 cm³/mol. The van der Waals surface area contributed by atoms with Crippen LogP contribution in [-0.2, 0) is 19.7 Å². The summed E-state index contributed by atoms with van der Waals surface area (Å²) in [6.45, 7) is 2.21. The predicted octanol–water partition coefficient (Wildman–Crippen LogP) is 0.190. The highest BCUT2D eigenvalue weighted by molar-refractivity contribution is 8.15. The largest absolute Gasteiger partial charge is 0.395 e. The first-order chi connectivity index (χ1) is 8.41. The molecule has 18 heavy (non-hydrogen) atoms. The van der Waals surface area contributed by atoms with Gasteiger partial charge in [0.05, 0.1) is 6.26 Å². The number of amidine groups is 1. The van der Waals surface area contributed by atoms with E-state index in [9.17, 15) is 13.2 Å². The minimum absolute atomic E-state index is 0.124. The number of nitrogens with one attached hydrogen (secondary N) is 1. The van der Waals surface area contributed by atoms with Crippen LogP contribution in [-0.4, -0.2) is 54.5 Å². The van der Waals surface area contributed by atoms with Crippen molar-refractivity contribution < 1.29 is 18.0 Å². The quantitative estimate of drug-likeness (QED) is 0.428. The monoisotopic (exact) mass is 292 g/mol. The Morgan fingerprint density at radius 2 is 2.39 bits per heavy atom. The van der Waals surface area contributed by atoms with Crippen LogP contribution in [0.25, 0.3) is 0 Å². The normalized spacial score (nSPS) is 21.2. The third kappa shape index (κ3) is 3.45. The number of sulfonamides is 1. The smallest absolute Gasteiger partial charge is 0.254 e. The zero-order valence-electron chi connectivity index (χ0n) is 10.0. The van der Waals surface area contributed by atoms with Crippen molar-refractivity contribution in [3.63, 3.8) is 0 Å². The standard InChI is InChI=1S/C9H14N3O4S2/c1-3-4-16-11-7(5-13)8-6-17-9(10)12(8)18(2,14)15/h8,10H,3-4,6H2,1-2H3. The molecule has 101 valence electrons. The molecule has 0 aliphatic carbocycles. The van der Waals surface area contributed by atoms with Crippen molar-refractivity contribution in [3.05, 3.63) is 0 Å². The van der Waals surface area contributed by atoms with Crippen molar-refractivity contribution in [1.82, 2.24) is 4.31 Å². The molecule has 7 nitrogen and oxygen atoms in total. The maximum atomic E-state index is 11.6. The summed E-state index contributed by atoms with van der Waals surface area (Å²) in [5.41, 5.74) is -0.136. The molecule has 1 radical (unpaired) electrons. The molecular weight excluding hydrogens is 278 g/mol. The van der Waals surface area contributed by atoms with E-state index in [1.54, 1.807) is 6.29 Å². The van der Waals surface area contributed by atoms with Gasteiger partial charge in [-0.15, -0.1) is 0 Å². The van der Waals surface area contributed by atoms with Crippen molar-refractivity contribution >= 4 is 39.0 Å². The van der Waals surface area contributed by atoms with Crippen LogP contribution in [0.1, 0.15) is 13.3 Å². The molecule has 1 unspecified atom stereocenters. The van der Waals surface area contributed by atoms with Gasteiger partial charge in [0.1, 0.15) is 12.6 Å². The molecule has 1 fully saturated rings. The van der Waals surface area contributed by atoms with E-state index in [1.165, 1.54) is 0 Å². The Kier molecular flexibility index (Phi) is 5.15. The summed E-state index contributed by atoms with van der Waals surface area (Å²) in [5.74, 6) is 0.259. The van der Waals surface area contributed by atoms with E-state index in [0.29, 0.717) is 6.61 Å². The topological polar surface area (TPSA) is 99.9 Å². The molecule has 0 aromatic carbocycles. The highest BCUT2D eigenvalue weighted by Crippen LogP contribution is 2.26. The summed E-state index contributed by atoms with van der Waals surface area (Å²) in [4.78, 5) is 15.7. The van der Waals surface area contributed by atoms with Crippen LogP contribution < -0.4 is 0 Å². The molecule has 9 heteroatoms. The molecule has 0 amide bonds. The minimum Gasteiger partial charge on any atom is -0.395 e. The fraction of sp³-hybridized carbons (Fsp3) is 0.667. The molecule has 0 aromatic heterocycles. The van der Waals surface area contributed by atoms with E-state index in [-0.39, 0.29) is 16.6 Å². The maximum absolute atomic E-state index is 11.6. The number of rotatable bonds is 6. The highest BCUT2D eigenvalue weighted by atomic mass is 32.2. The Hall–Kier alpha value is -1.09. The van der Waals surface area contributed by atoms with E-state index in [1.807, 2.05) is 6.92 Å². The molecule has 0 saturated carbocycles. The van der Waals surface area contributed by atoms with E-state index >= 15 is 0 Å². The second kappa shape index (κ2) is 6.19. The summed E-state index contributed by atoms with van der Waals surface area (Å²) in [5, 5.41) is 11.0. The van der Waals surface area contributed by atoms with Crippen molar-refractivity contribution in [3.8, 4) is 0 Å². The summed E-state index contributed by atoms with van der Waals surface area (Å²) in [7, 11) is -3.61. The van der Waals surface area contributed by atoms with Gasteiger partial charge in [-0.25, -0.2) is 12.7 Å². The number of thioether (sulfide) groups is 1. The van der Waals surface area contributed by atoms with Crippen LogP contribution in [0.4, 0.5) is 0 Å². The van der Waals surface area contributed by atoms with Crippen LogP contribution in [0.5, 0.6) is 0 Å². The first-order valence-corrected chi connectivity index (χ1v) is 8.04. The maximum Gasteiger partial charge on any atom is 0.254 e. The van der Waals surface area contributed by atoms with Gasteiger partial charge in [0.15, 0.2) is 10.9 Å². The fourth-order valence-electron chi connectivity index (χ4n) is 1.36. The molecule has 1 rings (SSSR count). The summed E-state index contributed by atoms with van der Waals surface area (Å²) in [6, 6.07) is -0.813. The number of oxime groups is 1. The van der Waals surface area contributed by atoms with Gasteiger partial charge in [0.2, 0.25) is 10.0 Å². The van der Waals surface area contributed by atoms with Gasteiger partial charge in [-0.05, 0) is 6.42 Å². The SMILES string of the molecule is CCCON=C([C]=O)C1CSC(=N)N1S(C)(=O)=O. The Morgan fingerprint density at radius 3 is 2.89 bits per heavy atom. The van der Waals surface area contributed by atoms with Gasteiger partial charge < -0.3 is 4.84 Å². The second-order valence-electron chi connectivity index (χ2n) is 3.60. The van der Waals surface area contributed by atoms with E-state index in [4.69, 9.17) is 10.2 Å². The second-order valence-corrected chi connectivity index (χ2v) is 6.47. The van der Waals surface area contributed by atoms with Crippen molar-refractivity contribution in [2.75, 3.05) is 18.6 Å². The fourth-order valence-corrected chi connectivity index (χ4v) is 3.83. The molecule has 1 atom stereocenters. The van der Waals surface area contributed by atoms with Crippen LogP contribution in [0.15, 0.2) is 5.16 Å². The Morgan fingerprint density at radius 1 is 1.72 bits per heavy atom. The lowest BCUT2D eigenvalue weighted by Crippen LogP contribution is -2.43. The Labute approximate surface area is 110 Å². The molecule has 1 heterocycles. The first kappa shape index (κ1) is 15.0. The van der Waals surface area contributed by atoms with Crippen LogP contribution >= 0.6 is 11.8 Å².